The van der Waals surface area contributed by atoms with E-state index in [0.717, 1.165) is 0 Å². The highest BCUT2D eigenvalue weighted by atomic mass is 19.1. The van der Waals surface area contributed by atoms with Crippen molar-refractivity contribution in [1.82, 2.24) is 0 Å². The molecule has 30 heavy (non-hydrogen) atoms. The van der Waals surface area contributed by atoms with Gasteiger partial charge in [0.05, 0.1) is 24.7 Å². The monoisotopic (exact) mass is 422 g/mol. The fourth-order valence-corrected chi connectivity index (χ4v) is 3.78. The summed E-state index contributed by atoms with van der Waals surface area (Å²) in [6, 6.07) is 5.21. The molecular weight excluding hydrogens is 391 g/mol. The summed E-state index contributed by atoms with van der Waals surface area (Å²) in [6.45, 7) is 9.13. The molecule has 4 atom stereocenters. The maximum atomic E-state index is 13.5. The van der Waals surface area contributed by atoms with Crippen LogP contribution in [0.25, 0.3) is 0 Å². The lowest BCUT2D eigenvalue weighted by atomic mass is 9.61. The van der Waals surface area contributed by atoms with Gasteiger partial charge in [-0.15, -0.1) is 0 Å². The predicted octanol–water partition coefficient (Wildman–Crippen LogP) is 3.26. The molecular formula is C23H31FO6. The molecule has 1 aliphatic carbocycles. The Hall–Kier alpha value is -2.28. The number of rotatable bonds is 7. The summed E-state index contributed by atoms with van der Waals surface area (Å²) >= 11 is 0. The van der Waals surface area contributed by atoms with Gasteiger partial charge in [0.15, 0.2) is 5.78 Å². The number of hydrogen-bond donors (Lipinski definition) is 1. The molecule has 166 valence electrons. The number of halogens is 1. The average Bonchev–Trinajstić information content (AvgIpc) is 2.63. The first-order valence-corrected chi connectivity index (χ1v) is 10.3. The Kier molecular flexibility index (Phi) is 7.75. The number of Topliss-reactive ketones (excluding diaryl/α,β-unsaturated/α-hetero) is 1. The molecule has 6 nitrogen and oxygen atoms in total. The van der Waals surface area contributed by atoms with Gasteiger partial charge in [0.25, 0.3) is 0 Å². The van der Waals surface area contributed by atoms with Gasteiger partial charge in [-0.2, -0.15) is 0 Å². The highest BCUT2D eigenvalue weighted by molar-refractivity contribution is 6.02. The van der Waals surface area contributed by atoms with E-state index in [4.69, 9.17) is 9.47 Å². The number of hydrogen-bond acceptors (Lipinski definition) is 6. The minimum absolute atomic E-state index is 0.0619. The summed E-state index contributed by atoms with van der Waals surface area (Å²) < 4.78 is 24.2. The minimum Gasteiger partial charge on any atom is -0.465 e. The van der Waals surface area contributed by atoms with Crippen molar-refractivity contribution in [3.63, 3.8) is 0 Å². The van der Waals surface area contributed by atoms with Crippen molar-refractivity contribution in [2.75, 3.05) is 13.2 Å². The molecule has 1 N–H and O–H groups in total. The molecule has 2 rings (SSSR count). The lowest BCUT2D eigenvalue weighted by molar-refractivity contribution is -0.173. The molecule has 1 aromatic rings. The van der Waals surface area contributed by atoms with Crippen LogP contribution in [0.3, 0.4) is 0 Å². The Labute approximate surface area is 176 Å². The van der Waals surface area contributed by atoms with Gasteiger partial charge in [0.2, 0.25) is 0 Å². The Balaban J connectivity index is 2.51. The Morgan fingerprint density at radius 2 is 1.57 bits per heavy atom. The van der Waals surface area contributed by atoms with Crippen LogP contribution in [-0.4, -0.2) is 41.6 Å². The van der Waals surface area contributed by atoms with Gasteiger partial charge in [-0.1, -0.05) is 39.8 Å². The van der Waals surface area contributed by atoms with Crippen molar-refractivity contribution in [1.29, 1.82) is 0 Å². The molecule has 0 unspecified atom stereocenters. The third-order valence-corrected chi connectivity index (χ3v) is 5.15. The van der Waals surface area contributed by atoms with Crippen LogP contribution in [0.2, 0.25) is 0 Å². The molecule has 0 spiro atoms. The van der Waals surface area contributed by atoms with Gasteiger partial charge in [-0.05, 0) is 36.5 Å². The van der Waals surface area contributed by atoms with Gasteiger partial charge >= 0.3 is 11.9 Å². The first-order valence-electron chi connectivity index (χ1n) is 10.3. The van der Waals surface area contributed by atoms with Gasteiger partial charge in [0, 0.05) is 12.3 Å². The Morgan fingerprint density at radius 3 is 2.07 bits per heavy atom. The number of ether oxygens (including phenoxy) is 2. The largest absolute Gasteiger partial charge is 0.465 e. The highest BCUT2D eigenvalue weighted by Crippen LogP contribution is 2.46. The second kappa shape index (κ2) is 9.69. The van der Waals surface area contributed by atoms with Crippen LogP contribution < -0.4 is 0 Å². The van der Waals surface area contributed by atoms with Crippen molar-refractivity contribution < 1.29 is 33.4 Å². The normalized spacial score (nSPS) is 26.7. The van der Waals surface area contributed by atoms with E-state index in [1.54, 1.807) is 0 Å². The topological polar surface area (TPSA) is 89.9 Å². The van der Waals surface area contributed by atoms with Gasteiger partial charge in [0.1, 0.15) is 11.7 Å². The summed E-state index contributed by atoms with van der Waals surface area (Å²) in [5, 5.41) is 11.0. The first kappa shape index (κ1) is 24.0. The number of benzene rings is 1. The lowest BCUT2D eigenvalue weighted by Crippen LogP contribution is -2.55. The molecule has 1 aromatic carbocycles. The number of ketones is 1. The standard InChI is InChI=1S/C23H31FO6/c1-13(2)11-29-21(26)19-17(25)10-23(5,28)20(22(27)30-12-14(3)4)18(19)15-6-8-16(24)9-7-15/h6-9,13-14,18-20,28H,10-12H2,1-5H3/t18-,19-,20+,23+/m1/s1. The predicted molar refractivity (Wildman–Crippen MR) is 108 cm³/mol. The summed E-state index contributed by atoms with van der Waals surface area (Å²) in [5.74, 6) is -5.82. The molecule has 1 saturated carbocycles. The molecule has 0 saturated heterocycles. The SMILES string of the molecule is CC(C)COC(=O)[C@@H]1C(=O)C[C@](C)(O)[C@H](C(=O)OCC(C)C)[C@@H]1c1ccc(F)cc1. The molecule has 1 fully saturated rings. The number of carbonyl (C=O) groups is 3. The lowest BCUT2D eigenvalue weighted by Gasteiger charge is -2.43. The van der Waals surface area contributed by atoms with Gasteiger partial charge < -0.3 is 14.6 Å². The van der Waals surface area contributed by atoms with Crippen LogP contribution in [-0.2, 0) is 23.9 Å². The van der Waals surface area contributed by atoms with Crippen molar-refractivity contribution in [2.24, 2.45) is 23.7 Å². The van der Waals surface area contributed by atoms with Crippen molar-refractivity contribution in [2.45, 2.75) is 52.6 Å². The molecule has 0 aromatic heterocycles. The number of carbonyl (C=O) groups excluding carboxylic acids is 3. The van der Waals surface area contributed by atoms with Crippen LogP contribution in [0.5, 0.6) is 0 Å². The van der Waals surface area contributed by atoms with E-state index >= 15 is 0 Å². The third-order valence-electron chi connectivity index (χ3n) is 5.15. The molecule has 7 heteroatoms. The third kappa shape index (κ3) is 5.65. The first-order chi connectivity index (χ1) is 13.9. The number of aliphatic hydroxyl groups is 1. The molecule has 0 aliphatic heterocycles. The van der Waals surface area contributed by atoms with Crippen molar-refractivity contribution in [3.8, 4) is 0 Å². The summed E-state index contributed by atoms with van der Waals surface area (Å²) in [4.78, 5) is 38.7. The average molecular weight is 422 g/mol. The van der Waals surface area contributed by atoms with E-state index in [-0.39, 0.29) is 31.5 Å². The second-order valence-corrected chi connectivity index (χ2v) is 9.08. The van der Waals surface area contributed by atoms with Crippen LogP contribution in [0.15, 0.2) is 24.3 Å². The second-order valence-electron chi connectivity index (χ2n) is 9.08. The maximum absolute atomic E-state index is 13.5. The minimum atomic E-state index is -1.72. The molecule has 0 amide bonds. The summed E-state index contributed by atoms with van der Waals surface area (Å²) in [5.41, 5.74) is -1.33. The van der Waals surface area contributed by atoms with Crippen molar-refractivity contribution >= 4 is 17.7 Å². The summed E-state index contributed by atoms with van der Waals surface area (Å²) in [7, 11) is 0. The zero-order chi connectivity index (χ0) is 22.6. The Bertz CT molecular complexity index is 768. The van der Waals surface area contributed by atoms with E-state index < -0.39 is 46.9 Å². The van der Waals surface area contributed by atoms with E-state index in [2.05, 4.69) is 0 Å². The zero-order valence-electron chi connectivity index (χ0n) is 18.2. The van der Waals surface area contributed by atoms with Gasteiger partial charge in [-0.3, -0.25) is 14.4 Å². The maximum Gasteiger partial charge on any atom is 0.317 e. The van der Waals surface area contributed by atoms with E-state index in [0.29, 0.717) is 5.56 Å². The molecule has 0 radical (unpaired) electrons. The van der Waals surface area contributed by atoms with Gasteiger partial charge in [-0.25, -0.2) is 4.39 Å². The summed E-state index contributed by atoms with van der Waals surface area (Å²) in [6.07, 6.45) is -0.381. The van der Waals surface area contributed by atoms with Crippen LogP contribution in [0.1, 0.15) is 52.5 Å². The fourth-order valence-electron chi connectivity index (χ4n) is 3.78. The smallest absolute Gasteiger partial charge is 0.317 e. The van der Waals surface area contributed by atoms with Crippen LogP contribution in [0, 0.1) is 29.5 Å². The molecule has 0 bridgehead atoms. The molecule has 1 aliphatic rings. The van der Waals surface area contributed by atoms with E-state index in [1.165, 1.54) is 31.2 Å². The number of esters is 2. The van der Waals surface area contributed by atoms with Crippen LogP contribution in [0.4, 0.5) is 4.39 Å². The van der Waals surface area contributed by atoms with Crippen molar-refractivity contribution in [3.05, 3.63) is 35.6 Å². The highest BCUT2D eigenvalue weighted by Gasteiger charge is 2.57. The van der Waals surface area contributed by atoms with E-state index in [1.807, 2.05) is 27.7 Å². The zero-order valence-corrected chi connectivity index (χ0v) is 18.2. The van der Waals surface area contributed by atoms with Crippen LogP contribution >= 0.6 is 0 Å². The molecule has 0 heterocycles. The Morgan fingerprint density at radius 1 is 1.07 bits per heavy atom. The quantitative estimate of drug-likeness (QED) is 0.536. The fraction of sp³-hybridized carbons (Fsp3) is 0.609. The van der Waals surface area contributed by atoms with E-state index in [9.17, 15) is 23.9 Å².